The van der Waals surface area contributed by atoms with Crippen LogP contribution in [-0.2, 0) is 6.54 Å². The van der Waals surface area contributed by atoms with E-state index in [-0.39, 0.29) is 0 Å². The van der Waals surface area contributed by atoms with Gasteiger partial charge in [0, 0.05) is 18.1 Å². The molecule has 0 bridgehead atoms. The standard InChI is InChI=1S/C13H13N3/c1-9-3-2-4-12-11(9)5-6-16-10(7-14)8-15-13(12)16/h2-6,8H,7,14H2,1H3. The van der Waals surface area contributed by atoms with Crippen molar-refractivity contribution in [3.63, 3.8) is 0 Å². The molecule has 3 nitrogen and oxygen atoms in total. The first-order chi connectivity index (χ1) is 7.81. The van der Waals surface area contributed by atoms with Gasteiger partial charge in [-0.2, -0.15) is 0 Å². The lowest BCUT2D eigenvalue weighted by Gasteiger charge is -2.04. The number of hydrogen-bond acceptors (Lipinski definition) is 2. The van der Waals surface area contributed by atoms with Gasteiger partial charge in [0.25, 0.3) is 0 Å². The summed E-state index contributed by atoms with van der Waals surface area (Å²) in [7, 11) is 0. The van der Waals surface area contributed by atoms with Gasteiger partial charge < -0.3 is 10.1 Å². The van der Waals surface area contributed by atoms with Crippen LogP contribution in [0.15, 0.2) is 36.7 Å². The van der Waals surface area contributed by atoms with Gasteiger partial charge in [0.05, 0.1) is 11.9 Å². The number of nitrogens with two attached hydrogens (primary N) is 1. The van der Waals surface area contributed by atoms with Crippen LogP contribution in [0.5, 0.6) is 0 Å². The molecule has 0 saturated heterocycles. The molecule has 0 aliphatic rings. The average molecular weight is 211 g/mol. The van der Waals surface area contributed by atoms with E-state index >= 15 is 0 Å². The molecule has 0 saturated carbocycles. The number of hydrogen-bond donors (Lipinski definition) is 1. The SMILES string of the molecule is Cc1cccc2c1ccn1c(CN)cnc21. The number of imidazole rings is 1. The molecular formula is C13H13N3. The highest BCUT2D eigenvalue weighted by atomic mass is 15.0. The second kappa shape index (κ2) is 3.32. The summed E-state index contributed by atoms with van der Waals surface area (Å²) >= 11 is 0. The maximum atomic E-state index is 5.67. The van der Waals surface area contributed by atoms with Crippen molar-refractivity contribution in [2.24, 2.45) is 5.73 Å². The summed E-state index contributed by atoms with van der Waals surface area (Å²) in [5.74, 6) is 0. The predicted molar refractivity (Wildman–Crippen MR) is 65.3 cm³/mol. The van der Waals surface area contributed by atoms with E-state index in [4.69, 9.17) is 5.73 Å². The Morgan fingerprint density at radius 1 is 1.25 bits per heavy atom. The fraction of sp³-hybridized carbons (Fsp3) is 0.154. The molecule has 3 aromatic rings. The largest absolute Gasteiger partial charge is 0.325 e. The maximum Gasteiger partial charge on any atom is 0.144 e. The van der Waals surface area contributed by atoms with Gasteiger partial charge >= 0.3 is 0 Å². The molecule has 2 aromatic heterocycles. The van der Waals surface area contributed by atoms with E-state index in [0.29, 0.717) is 6.54 Å². The van der Waals surface area contributed by atoms with Gasteiger partial charge in [-0.05, 0) is 23.9 Å². The topological polar surface area (TPSA) is 43.3 Å². The molecule has 16 heavy (non-hydrogen) atoms. The van der Waals surface area contributed by atoms with Crippen LogP contribution in [0.4, 0.5) is 0 Å². The highest BCUT2D eigenvalue weighted by Crippen LogP contribution is 2.22. The molecule has 2 N–H and O–H groups in total. The second-order valence-corrected chi connectivity index (χ2v) is 4.00. The number of aryl methyl sites for hydroxylation is 1. The third kappa shape index (κ3) is 1.15. The zero-order chi connectivity index (χ0) is 11.1. The first-order valence-electron chi connectivity index (χ1n) is 5.35. The zero-order valence-corrected chi connectivity index (χ0v) is 9.14. The molecule has 0 radical (unpaired) electrons. The maximum absolute atomic E-state index is 5.67. The van der Waals surface area contributed by atoms with Crippen LogP contribution >= 0.6 is 0 Å². The van der Waals surface area contributed by atoms with Crippen molar-refractivity contribution in [1.29, 1.82) is 0 Å². The first kappa shape index (κ1) is 9.36. The molecule has 2 heterocycles. The molecule has 3 heteroatoms. The normalized spacial score (nSPS) is 11.4. The molecule has 1 aromatic carbocycles. The lowest BCUT2D eigenvalue weighted by molar-refractivity contribution is 0.962. The summed E-state index contributed by atoms with van der Waals surface area (Å²) < 4.78 is 2.06. The molecule has 0 amide bonds. The number of rotatable bonds is 1. The van der Waals surface area contributed by atoms with Gasteiger partial charge in [-0.3, -0.25) is 0 Å². The van der Waals surface area contributed by atoms with E-state index in [1.807, 2.05) is 12.4 Å². The summed E-state index contributed by atoms with van der Waals surface area (Å²) in [6.07, 6.45) is 3.89. The minimum Gasteiger partial charge on any atom is -0.325 e. The predicted octanol–water partition coefficient (Wildman–Crippen LogP) is 2.25. The van der Waals surface area contributed by atoms with Crippen molar-refractivity contribution in [2.45, 2.75) is 13.5 Å². The van der Waals surface area contributed by atoms with Crippen LogP contribution in [0.1, 0.15) is 11.3 Å². The van der Waals surface area contributed by atoms with Crippen molar-refractivity contribution in [3.8, 4) is 0 Å². The van der Waals surface area contributed by atoms with Crippen LogP contribution in [0.25, 0.3) is 16.4 Å². The third-order valence-electron chi connectivity index (χ3n) is 3.04. The van der Waals surface area contributed by atoms with Crippen molar-refractivity contribution in [3.05, 3.63) is 47.9 Å². The highest BCUT2D eigenvalue weighted by Gasteiger charge is 2.06. The summed E-state index contributed by atoms with van der Waals surface area (Å²) in [4.78, 5) is 4.44. The number of pyridine rings is 1. The van der Waals surface area contributed by atoms with Crippen LogP contribution in [0.2, 0.25) is 0 Å². The van der Waals surface area contributed by atoms with E-state index in [0.717, 1.165) is 11.3 Å². The Labute approximate surface area is 93.5 Å². The first-order valence-corrected chi connectivity index (χ1v) is 5.35. The fourth-order valence-corrected chi connectivity index (χ4v) is 2.16. The minimum absolute atomic E-state index is 0.512. The number of fused-ring (bicyclic) bond motifs is 3. The summed E-state index contributed by atoms with van der Waals surface area (Å²) in [6.45, 7) is 2.63. The summed E-state index contributed by atoms with van der Waals surface area (Å²) in [5.41, 5.74) is 8.98. The van der Waals surface area contributed by atoms with Crippen molar-refractivity contribution in [1.82, 2.24) is 9.38 Å². The van der Waals surface area contributed by atoms with Gasteiger partial charge in [-0.15, -0.1) is 0 Å². The van der Waals surface area contributed by atoms with Crippen LogP contribution < -0.4 is 5.73 Å². The van der Waals surface area contributed by atoms with Gasteiger partial charge in [0.15, 0.2) is 0 Å². The highest BCUT2D eigenvalue weighted by molar-refractivity contribution is 5.95. The van der Waals surface area contributed by atoms with Gasteiger partial charge in [-0.1, -0.05) is 18.2 Å². The third-order valence-corrected chi connectivity index (χ3v) is 3.04. The van der Waals surface area contributed by atoms with Crippen LogP contribution in [-0.4, -0.2) is 9.38 Å². The second-order valence-electron chi connectivity index (χ2n) is 4.00. The molecule has 80 valence electrons. The average Bonchev–Trinajstić information content (AvgIpc) is 2.72. The van der Waals surface area contributed by atoms with Gasteiger partial charge in [0.2, 0.25) is 0 Å². The van der Waals surface area contributed by atoms with Crippen LogP contribution in [0, 0.1) is 6.92 Å². The van der Waals surface area contributed by atoms with E-state index < -0.39 is 0 Å². The molecule has 0 aliphatic carbocycles. The monoisotopic (exact) mass is 211 g/mol. The Balaban J connectivity index is 2.51. The molecule has 0 aliphatic heterocycles. The molecular weight excluding hydrogens is 198 g/mol. The fourth-order valence-electron chi connectivity index (χ4n) is 2.16. The smallest absolute Gasteiger partial charge is 0.144 e. The minimum atomic E-state index is 0.512. The quantitative estimate of drug-likeness (QED) is 0.671. The Morgan fingerprint density at radius 3 is 2.94 bits per heavy atom. The lowest BCUT2D eigenvalue weighted by Crippen LogP contribution is -2.00. The van der Waals surface area contributed by atoms with Crippen molar-refractivity contribution in [2.75, 3.05) is 0 Å². The van der Waals surface area contributed by atoms with E-state index in [2.05, 4.69) is 40.6 Å². The zero-order valence-electron chi connectivity index (χ0n) is 9.14. The number of nitrogens with zero attached hydrogens (tertiary/aromatic N) is 2. The van der Waals surface area contributed by atoms with Crippen molar-refractivity contribution >= 4 is 16.4 Å². The van der Waals surface area contributed by atoms with Crippen molar-refractivity contribution < 1.29 is 0 Å². The van der Waals surface area contributed by atoms with E-state index in [1.54, 1.807) is 0 Å². The summed E-state index contributed by atoms with van der Waals surface area (Å²) in [6, 6.07) is 8.41. The molecule has 3 rings (SSSR count). The Hall–Kier alpha value is -1.87. The molecule has 0 fully saturated rings. The number of aromatic nitrogens is 2. The van der Waals surface area contributed by atoms with Gasteiger partial charge in [0.1, 0.15) is 5.65 Å². The summed E-state index contributed by atoms with van der Waals surface area (Å²) in [5, 5.41) is 2.44. The Kier molecular flexibility index (Phi) is 1.94. The van der Waals surface area contributed by atoms with Crippen LogP contribution in [0.3, 0.4) is 0 Å². The molecule has 0 unspecified atom stereocenters. The van der Waals surface area contributed by atoms with E-state index in [1.165, 1.54) is 16.3 Å². The Morgan fingerprint density at radius 2 is 2.12 bits per heavy atom. The van der Waals surface area contributed by atoms with Gasteiger partial charge in [-0.25, -0.2) is 4.98 Å². The molecule has 0 atom stereocenters. The molecule has 0 spiro atoms. The lowest BCUT2D eigenvalue weighted by atomic mass is 10.1. The Bertz CT molecular complexity index is 667. The van der Waals surface area contributed by atoms with E-state index in [9.17, 15) is 0 Å². The number of benzene rings is 1.